The first-order valence-electron chi connectivity index (χ1n) is 9.97. The van der Waals surface area contributed by atoms with E-state index in [9.17, 15) is 0 Å². The molecule has 0 N–H and O–H groups in total. The lowest BCUT2D eigenvalue weighted by Crippen LogP contribution is -2.28. The van der Waals surface area contributed by atoms with Gasteiger partial charge in [-0.25, -0.2) is 0 Å². The quantitative estimate of drug-likeness (QED) is 0.591. The number of furan rings is 1. The zero-order valence-corrected chi connectivity index (χ0v) is 16.6. The predicted octanol–water partition coefficient (Wildman–Crippen LogP) is 5.34. The third kappa shape index (κ3) is 3.89. The molecule has 1 aliphatic carbocycles. The number of ether oxygens (including phenoxy) is 1. The van der Waals surface area contributed by atoms with Gasteiger partial charge in [0.25, 0.3) is 0 Å². The van der Waals surface area contributed by atoms with Crippen LogP contribution in [0.3, 0.4) is 0 Å². The predicted molar refractivity (Wildman–Crippen MR) is 111 cm³/mol. The van der Waals surface area contributed by atoms with Gasteiger partial charge in [0, 0.05) is 18.5 Å². The normalized spacial score (nSPS) is 16.7. The molecule has 3 nitrogen and oxygen atoms in total. The van der Waals surface area contributed by atoms with E-state index in [1.54, 1.807) is 7.11 Å². The minimum atomic E-state index is 0.604. The zero-order chi connectivity index (χ0) is 18.8. The summed E-state index contributed by atoms with van der Waals surface area (Å²) in [6, 6.07) is 15.2. The van der Waals surface area contributed by atoms with Crippen LogP contribution in [0.5, 0.6) is 5.75 Å². The largest absolute Gasteiger partial charge is 0.496 e. The second kappa shape index (κ2) is 7.77. The standard InChI is InChI=1S/C24H29NO2/c1-17-14-20-15-18(10-11-23(20)27-17)12-13-25(2)16-19-6-4-8-22-21(19)7-5-9-24(22)26-3/h5,7,9-11,14-15,19H,4,6,8,12-13,16H2,1-3H3. The molecule has 1 heterocycles. The molecule has 142 valence electrons. The molecule has 1 aromatic heterocycles. The summed E-state index contributed by atoms with van der Waals surface area (Å²) in [5, 5.41) is 1.21. The second-order valence-corrected chi connectivity index (χ2v) is 7.86. The third-order valence-corrected chi connectivity index (χ3v) is 5.83. The highest BCUT2D eigenvalue weighted by Crippen LogP contribution is 2.36. The monoisotopic (exact) mass is 363 g/mol. The van der Waals surface area contributed by atoms with E-state index in [0.717, 1.165) is 43.0 Å². The van der Waals surface area contributed by atoms with Crippen LogP contribution in [0.4, 0.5) is 0 Å². The number of hydrogen-bond acceptors (Lipinski definition) is 3. The van der Waals surface area contributed by atoms with Gasteiger partial charge >= 0.3 is 0 Å². The Balaban J connectivity index is 1.40. The van der Waals surface area contributed by atoms with E-state index in [0.29, 0.717) is 5.92 Å². The number of rotatable bonds is 6. The molecule has 4 rings (SSSR count). The van der Waals surface area contributed by atoms with Crippen molar-refractivity contribution >= 4 is 11.0 Å². The lowest BCUT2D eigenvalue weighted by atomic mass is 9.82. The first kappa shape index (κ1) is 18.1. The van der Waals surface area contributed by atoms with Crippen molar-refractivity contribution in [3.05, 3.63) is 64.9 Å². The van der Waals surface area contributed by atoms with Gasteiger partial charge in [-0.05, 0) is 86.5 Å². The molecule has 1 aliphatic rings. The number of methoxy groups -OCH3 is 1. The van der Waals surface area contributed by atoms with Crippen molar-refractivity contribution in [3.8, 4) is 5.75 Å². The summed E-state index contributed by atoms with van der Waals surface area (Å²) >= 11 is 0. The van der Waals surface area contributed by atoms with E-state index < -0.39 is 0 Å². The Morgan fingerprint density at radius 1 is 1.19 bits per heavy atom. The number of aryl methyl sites for hydroxylation is 1. The highest BCUT2D eigenvalue weighted by Gasteiger charge is 2.23. The Morgan fingerprint density at radius 2 is 2.07 bits per heavy atom. The maximum Gasteiger partial charge on any atom is 0.134 e. The Morgan fingerprint density at radius 3 is 2.93 bits per heavy atom. The van der Waals surface area contributed by atoms with E-state index in [1.807, 2.05) is 6.92 Å². The van der Waals surface area contributed by atoms with Crippen LogP contribution in [0.1, 0.15) is 41.2 Å². The van der Waals surface area contributed by atoms with Gasteiger partial charge in [0.2, 0.25) is 0 Å². The van der Waals surface area contributed by atoms with Crippen molar-refractivity contribution in [2.24, 2.45) is 0 Å². The van der Waals surface area contributed by atoms with Gasteiger partial charge in [-0.1, -0.05) is 18.2 Å². The molecule has 0 fully saturated rings. The van der Waals surface area contributed by atoms with E-state index in [-0.39, 0.29) is 0 Å². The van der Waals surface area contributed by atoms with E-state index in [4.69, 9.17) is 9.15 Å². The molecule has 1 atom stereocenters. The Bertz CT molecular complexity index is 927. The van der Waals surface area contributed by atoms with Crippen LogP contribution in [0.25, 0.3) is 11.0 Å². The topological polar surface area (TPSA) is 25.6 Å². The molecule has 0 bridgehead atoms. The van der Waals surface area contributed by atoms with Crippen LogP contribution in [-0.4, -0.2) is 32.1 Å². The number of likely N-dealkylation sites (N-methyl/N-ethyl adjacent to an activating group) is 1. The third-order valence-electron chi connectivity index (χ3n) is 5.83. The first-order chi connectivity index (χ1) is 13.1. The molecule has 0 amide bonds. The summed E-state index contributed by atoms with van der Waals surface area (Å²) in [5.41, 5.74) is 5.27. The zero-order valence-electron chi connectivity index (χ0n) is 16.6. The Kier molecular flexibility index (Phi) is 5.22. The van der Waals surface area contributed by atoms with Gasteiger partial charge < -0.3 is 14.1 Å². The smallest absolute Gasteiger partial charge is 0.134 e. The minimum absolute atomic E-state index is 0.604. The Hall–Kier alpha value is -2.26. The summed E-state index contributed by atoms with van der Waals surface area (Å²) in [5.74, 6) is 2.64. The molecule has 0 saturated carbocycles. The van der Waals surface area contributed by atoms with Gasteiger partial charge in [0.1, 0.15) is 17.1 Å². The minimum Gasteiger partial charge on any atom is -0.496 e. The molecule has 3 aromatic rings. The maximum absolute atomic E-state index is 5.68. The fourth-order valence-corrected chi connectivity index (χ4v) is 4.46. The van der Waals surface area contributed by atoms with Crippen molar-refractivity contribution in [2.45, 2.75) is 38.5 Å². The molecule has 3 heteroatoms. The Labute approximate surface area is 161 Å². The molecule has 0 radical (unpaired) electrons. The summed E-state index contributed by atoms with van der Waals surface area (Å²) < 4.78 is 11.3. The van der Waals surface area contributed by atoms with Gasteiger partial charge in [-0.3, -0.25) is 0 Å². The SMILES string of the molecule is COc1cccc2c1CCCC2CN(C)CCc1ccc2oc(C)cc2c1. The van der Waals surface area contributed by atoms with E-state index in [2.05, 4.69) is 54.4 Å². The van der Waals surface area contributed by atoms with Gasteiger partial charge in [0.15, 0.2) is 0 Å². The van der Waals surface area contributed by atoms with Crippen molar-refractivity contribution in [2.75, 3.05) is 27.2 Å². The molecular formula is C24H29NO2. The molecule has 0 aliphatic heterocycles. The molecule has 0 saturated heterocycles. The highest BCUT2D eigenvalue weighted by molar-refractivity contribution is 5.78. The second-order valence-electron chi connectivity index (χ2n) is 7.86. The van der Waals surface area contributed by atoms with Gasteiger partial charge in [-0.2, -0.15) is 0 Å². The summed E-state index contributed by atoms with van der Waals surface area (Å²) in [7, 11) is 4.03. The van der Waals surface area contributed by atoms with Crippen LogP contribution in [-0.2, 0) is 12.8 Å². The number of fused-ring (bicyclic) bond motifs is 2. The van der Waals surface area contributed by atoms with E-state index in [1.165, 1.54) is 34.9 Å². The fraction of sp³-hybridized carbons (Fsp3) is 0.417. The van der Waals surface area contributed by atoms with E-state index >= 15 is 0 Å². The van der Waals surface area contributed by atoms with Crippen LogP contribution in [0.15, 0.2) is 46.9 Å². The fourth-order valence-electron chi connectivity index (χ4n) is 4.46. The van der Waals surface area contributed by atoms with Crippen molar-refractivity contribution in [1.82, 2.24) is 4.90 Å². The molecule has 1 unspecified atom stereocenters. The number of nitrogens with zero attached hydrogens (tertiary/aromatic N) is 1. The average Bonchev–Trinajstić information content (AvgIpc) is 3.05. The molecular weight excluding hydrogens is 334 g/mol. The van der Waals surface area contributed by atoms with Crippen molar-refractivity contribution in [3.63, 3.8) is 0 Å². The first-order valence-corrected chi connectivity index (χ1v) is 9.97. The average molecular weight is 364 g/mol. The molecule has 2 aromatic carbocycles. The molecule has 27 heavy (non-hydrogen) atoms. The maximum atomic E-state index is 5.68. The molecule has 0 spiro atoms. The van der Waals surface area contributed by atoms with Crippen LogP contribution < -0.4 is 4.74 Å². The van der Waals surface area contributed by atoms with Crippen LogP contribution in [0, 0.1) is 6.92 Å². The lowest BCUT2D eigenvalue weighted by Gasteiger charge is -2.30. The van der Waals surface area contributed by atoms with Crippen LogP contribution >= 0.6 is 0 Å². The highest BCUT2D eigenvalue weighted by atomic mass is 16.5. The van der Waals surface area contributed by atoms with Crippen molar-refractivity contribution < 1.29 is 9.15 Å². The number of hydrogen-bond donors (Lipinski definition) is 0. The number of benzene rings is 2. The summed E-state index contributed by atoms with van der Waals surface area (Å²) in [6.45, 7) is 4.18. The van der Waals surface area contributed by atoms with Crippen LogP contribution in [0.2, 0.25) is 0 Å². The van der Waals surface area contributed by atoms with Gasteiger partial charge in [-0.15, -0.1) is 0 Å². The summed E-state index contributed by atoms with van der Waals surface area (Å²) in [6.07, 6.45) is 4.73. The summed E-state index contributed by atoms with van der Waals surface area (Å²) in [4.78, 5) is 2.48. The lowest BCUT2D eigenvalue weighted by molar-refractivity contribution is 0.299. The van der Waals surface area contributed by atoms with Crippen molar-refractivity contribution in [1.29, 1.82) is 0 Å². The van der Waals surface area contributed by atoms with Gasteiger partial charge in [0.05, 0.1) is 7.11 Å².